The predicted octanol–water partition coefficient (Wildman–Crippen LogP) is 2.43. The summed E-state index contributed by atoms with van der Waals surface area (Å²) in [5.41, 5.74) is 1.99. The van der Waals surface area contributed by atoms with Gasteiger partial charge in [-0.3, -0.25) is 14.4 Å². The number of hydrogen-bond acceptors (Lipinski definition) is 4. The minimum Gasteiger partial charge on any atom is -0.351 e. The molecule has 0 heterocycles. The van der Waals surface area contributed by atoms with Gasteiger partial charge in [-0.1, -0.05) is 6.07 Å². The summed E-state index contributed by atoms with van der Waals surface area (Å²) in [5, 5.41) is 5.58. The van der Waals surface area contributed by atoms with E-state index in [1.807, 2.05) is 19.0 Å². The van der Waals surface area contributed by atoms with Crippen molar-refractivity contribution in [2.45, 2.75) is 6.92 Å². The number of carbonyl (C=O) groups excluding carboxylic acids is 3. The first-order chi connectivity index (χ1) is 12.4. The Morgan fingerprint density at radius 3 is 2.08 bits per heavy atom. The van der Waals surface area contributed by atoms with Crippen molar-refractivity contribution >= 4 is 23.3 Å². The molecular weight excluding hydrogens is 330 g/mol. The maximum atomic E-state index is 12.4. The molecule has 0 aliphatic rings. The van der Waals surface area contributed by atoms with Gasteiger partial charge in [0.15, 0.2) is 5.78 Å². The highest BCUT2D eigenvalue weighted by molar-refractivity contribution is 6.06. The van der Waals surface area contributed by atoms with Crippen LogP contribution in [-0.2, 0) is 0 Å². The number of rotatable bonds is 7. The summed E-state index contributed by atoms with van der Waals surface area (Å²) >= 11 is 0. The van der Waals surface area contributed by atoms with Crippen molar-refractivity contribution in [3.05, 3.63) is 65.2 Å². The number of amides is 2. The molecule has 2 amide bonds. The van der Waals surface area contributed by atoms with Crippen LogP contribution in [-0.4, -0.2) is 49.7 Å². The zero-order valence-electron chi connectivity index (χ0n) is 15.2. The number of Topliss-reactive ketones (excluding diaryl/α,β-unsaturated/α-hetero) is 1. The summed E-state index contributed by atoms with van der Waals surface area (Å²) in [6.45, 7) is 2.76. The van der Waals surface area contributed by atoms with Gasteiger partial charge in [-0.15, -0.1) is 0 Å². The Bertz CT molecular complexity index is 798. The molecule has 2 rings (SSSR count). The van der Waals surface area contributed by atoms with Crippen molar-refractivity contribution in [3.8, 4) is 0 Å². The molecule has 26 heavy (non-hydrogen) atoms. The number of carbonyl (C=O) groups is 3. The zero-order chi connectivity index (χ0) is 19.1. The second-order valence-corrected chi connectivity index (χ2v) is 6.23. The fourth-order valence-corrected chi connectivity index (χ4v) is 2.29. The fourth-order valence-electron chi connectivity index (χ4n) is 2.29. The summed E-state index contributed by atoms with van der Waals surface area (Å²) in [6.07, 6.45) is 0. The quantitative estimate of drug-likeness (QED) is 0.750. The average molecular weight is 353 g/mol. The first kappa shape index (κ1) is 19.3. The molecule has 136 valence electrons. The van der Waals surface area contributed by atoms with Gasteiger partial charge in [-0.05, 0) is 63.5 Å². The van der Waals surface area contributed by atoms with Crippen LogP contribution in [0.2, 0.25) is 0 Å². The van der Waals surface area contributed by atoms with Crippen LogP contribution >= 0.6 is 0 Å². The van der Waals surface area contributed by atoms with Gasteiger partial charge in [-0.2, -0.15) is 0 Å². The van der Waals surface area contributed by atoms with Gasteiger partial charge >= 0.3 is 0 Å². The third-order valence-corrected chi connectivity index (χ3v) is 3.78. The molecule has 6 heteroatoms. The molecule has 0 fully saturated rings. The molecule has 2 N–H and O–H groups in total. The lowest BCUT2D eigenvalue weighted by Gasteiger charge is -2.11. The molecular formula is C20H23N3O3. The number of nitrogens with zero attached hydrogens (tertiary/aromatic N) is 1. The molecule has 6 nitrogen and oxygen atoms in total. The van der Waals surface area contributed by atoms with Gasteiger partial charge in [0.2, 0.25) is 0 Å². The van der Waals surface area contributed by atoms with E-state index in [1.54, 1.807) is 48.5 Å². The van der Waals surface area contributed by atoms with Crippen molar-refractivity contribution in [2.24, 2.45) is 0 Å². The van der Waals surface area contributed by atoms with E-state index in [0.29, 0.717) is 28.9 Å². The van der Waals surface area contributed by atoms with Crippen molar-refractivity contribution in [3.63, 3.8) is 0 Å². The largest absolute Gasteiger partial charge is 0.351 e. The molecule has 2 aromatic carbocycles. The van der Waals surface area contributed by atoms with E-state index < -0.39 is 0 Å². The van der Waals surface area contributed by atoms with Crippen LogP contribution in [0.4, 0.5) is 5.69 Å². The first-order valence-electron chi connectivity index (χ1n) is 8.32. The number of ketones is 1. The summed E-state index contributed by atoms with van der Waals surface area (Å²) in [7, 11) is 3.86. The lowest BCUT2D eigenvalue weighted by molar-refractivity contribution is 0.0950. The molecule has 0 spiro atoms. The van der Waals surface area contributed by atoms with Crippen LogP contribution in [0, 0.1) is 0 Å². The van der Waals surface area contributed by atoms with E-state index in [0.717, 1.165) is 6.54 Å². The highest BCUT2D eigenvalue weighted by Gasteiger charge is 2.11. The number of hydrogen-bond donors (Lipinski definition) is 2. The van der Waals surface area contributed by atoms with Gasteiger partial charge in [0, 0.05) is 35.5 Å². The lowest BCUT2D eigenvalue weighted by Crippen LogP contribution is -2.31. The van der Waals surface area contributed by atoms with E-state index in [1.165, 1.54) is 6.92 Å². The van der Waals surface area contributed by atoms with Gasteiger partial charge in [0.1, 0.15) is 0 Å². The molecule has 0 bridgehead atoms. The Balaban J connectivity index is 2.03. The highest BCUT2D eigenvalue weighted by Crippen LogP contribution is 2.13. The Morgan fingerprint density at radius 1 is 0.885 bits per heavy atom. The topological polar surface area (TPSA) is 78.5 Å². The van der Waals surface area contributed by atoms with Crippen molar-refractivity contribution < 1.29 is 14.4 Å². The van der Waals surface area contributed by atoms with Crippen LogP contribution < -0.4 is 10.6 Å². The minimum absolute atomic E-state index is 0.0316. The van der Waals surface area contributed by atoms with Crippen LogP contribution in [0.3, 0.4) is 0 Å². The fraction of sp³-hybridized carbons (Fsp3) is 0.250. The molecule has 0 radical (unpaired) electrons. The maximum absolute atomic E-state index is 12.4. The second kappa shape index (κ2) is 8.92. The Morgan fingerprint density at radius 2 is 1.50 bits per heavy atom. The van der Waals surface area contributed by atoms with Crippen molar-refractivity contribution in [1.82, 2.24) is 10.2 Å². The van der Waals surface area contributed by atoms with E-state index in [2.05, 4.69) is 10.6 Å². The number of nitrogens with one attached hydrogen (secondary N) is 2. The number of benzene rings is 2. The number of anilines is 1. The van der Waals surface area contributed by atoms with E-state index in [-0.39, 0.29) is 17.6 Å². The van der Waals surface area contributed by atoms with E-state index in [4.69, 9.17) is 0 Å². The Labute approximate surface area is 153 Å². The second-order valence-electron chi connectivity index (χ2n) is 6.23. The van der Waals surface area contributed by atoms with Gasteiger partial charge < -0.3 is 15.5 Å². The van der Waals surface area contributed by atoms with Crippen LogP contribution in [0.5, 0.6) is 0 Å². The molecule has 0 aromatic heterocycles. The third-order valence-electron chi connectivity index (χ3n) is 3.78. The summed E-state index contributed by atoms with van der Waals surface area (Å²) in [5.74, 6) is -0.563. The third kappa shape index (κ3) is 5.53. The van der Waals surface area contributed by atoms with Gasteiger partial charge in [-0.25, -0.2) is 0 Å². The molecule has 0 aliphatic carbocycles. The summed E-state index contributed by atoms with van der Waals surface area (Å²) < 4.78 is 0. The van der Waals surface area contributed by atoms with Crippen molar-refractivity contribution in [1.29, 1.82) is 0 Å². The minimum atomic E-state index is -0.316. The standard InChI is InChI=1S/C20H23N3O3/c1-14(24)15-7-9-18(10-8-15)22-20(26)17-6-4-5-16(13-17)19(25)21-11-12-23(2)3/h4-10,13H,11-12H2,1-3H3,(H,21,25)(H,22,26). The molecule has 0 unspecified atom stereocenters. The predicted molar refractivity (Wildman–Crippen MR) is 102 cm³/mol. The van der Waals surface area contributed by atoms with Crippen LogP contribution in [0.15, 0.2) is 48.5 Å². The lowest BCUT2D eigenvalue weighted by atomic mass is 10.1. The normalized spacial score (nSPS) is 10.5. The van der Waals surface area contributed by atoms with Crippen LogP contribution in [0.25, 0.3) is 0 Å². The SMILES string of the molecule is CC(=O)c1ccc(NC(=O)c2cccc(C(=O)NCCN(C)C)c2)cc1. The van der Waals surface area contributed by atoms with Crippen molar-refractivity contribution in [2.75, 3.05) is 32.5 Å². The molecule has 0 atom stereocenters. The first-order valence-corrected chi connectivity index (χ1v) is 8.32. The zero-order valence-corrected chi connectivity index (χ0v) is 15.2. The van der Waals surface area contributed by atoms with Crippen LogP contribution in [0.1, 0.15) is 38.0 Å². The maximum Gasteiger partial charge on any atom is 0.255 e. The van der Waals surface area contributed by atoms with E-state index >= 15 is 0 Å². The summed E-state index contributed by atoms with van der Waals surface area (Å²) in [4.78, 5) is 37.8. The highest BCUT2D eigenvalue weighted by atomic mass is 16.2. The van der Waals surface area contributed by atoms with E-state index in [9.17, 15) is 14.4 Å². The Hall–Kier alpha value is -2.99. The van der Waals surface area contributed by atoms with Gasteiger partial charge in [0.05, 0.1) is 0 Å². The molecule has 0 saturated heterocycles. The molecule has 2 aromatic rings. The molecule has 0 aliphatic heterocycles. The van der Waals surface area contributed by atoms with Gasteiger partial charge in [0.25, 0.3) is 11.8 Å². The Kier molecular flexibility index (Phi) is 6.63. The molecule has 0 saturated carbocycles. The summed E-state index contributed by atoms with van der Waals surface area (Å²) in [6, 6.07) is 13.2. The number of likely N-dealkylation sites (N-methyl/N-ethyl adjacent to an activating group) is 1. The average Bonchev–Trinajstić information content (AvgIpc) is 2.62. The monoisotopic (exact) mass is 353 g/mol. The smallest absolute Gasteiger partial charge is 0.255 e.